The van der Waals surface area contributed by atoms with Gasteiger partial charge in [-0.2, -0.15) is 11.8 Å². The molecule has 0 aliphatic carbocycles. The van der Waals surface area contributed by atoms with Crippen molar-refractivity contribution in [2.45, 2.75) is 38.1 Å². The smallest absolute Gasteiger partial charge is 0.312 e. The number of nitrogens with zero attached hydrogens (tertiary/aromatic N) is 1. The molecule has 0 bridgehead atoms. The minimum Gasteiger partial charge on any atom is -0.497 e. The van der Waals surface area contributed by atoms with E-state index in [0.717, 1.165) is 50.3 Å². The summed E-state index contributed by atoms with van der Waals surface area (Å²) >= 11 is 1.66. The van der Waals surface area contributed by atoms with Crippen molar-refractivity contribution in [3.05, 3.63) is 29.8 Å². The second-order valence-electron chi connectivity index (χ2n) is 7.00. The van der Waals surface area contributed by atoms with Crippen LogP contribution >= 0.6 is 11.8 Å². The molecule has 2 rings (SSSR count). The van der Waals surface area contributed by atoms with Gasteiger partial charge >= 0.3 is 6.03 Å². The van der Waals surface area contributed by atoms with Gasteiger partial charge in [-0.05, 0) is 67.7 Å². The van der Waals surface area contributed by atoms with Crippen LogP contribution in [0.2, 0.25) is 0 Å². The van der Waals surface area contributed by atoms with Crippen LogP contribution in [-0.4, -0.2) is 55.1 Å². The standard InChI is InChI=1S/C20H31N3O3S/c1-26-17-7-5-15(6-8-17)3-4-16-9-12-23(13-10-16)19(24)18(11-14-27-2)22-20(21)25/h5-8,16,18H,3-4,9-14H2,1-2H3,(H3,21,22,25). The van der Waals surface area contributed by atoms with Crippen molar-refractivity contribution in [3.63, 3.8) is 0 Å². The number of rotatable bonds is 9. The fourth-order valence-corrected chi connectivity index (χ4v) is 3.96. The first kappa shape index (κ1) is 21.4. The summed E-state index contributed by atoms with van der Waals surface area (Å²) in [6, 6.07) is 7.08. The zero-order chi connectivity index (χ0) is 19.6. The number of nitrogens with one attached hydrogen (secondary N) is 1. The van der Waals surface area contributed by atoms with Gasteiger partial charge in [-0.25, -0.2) is 4.79 Å². The molecule has 27 heavy (non-hydrogen) atoms. The monoisotopic (exact) mass is 393 g/mol. The number of likely N-dealkylation sites (tertiary alicyclic amines) is 1. The number of thioether (sulfide) groups is 1. The van der Waals surface area contributed by atoms with Gasteiger partial charge in [-0.15, -0.1) is 0 Å². The topological polar surface area (TPSA) is 84.7 Å². The van der Waals surface area contributed by atoms with Gasteiger partial charge in [-0.3, -0.25) is 4.79 Å². The molecule has 150 valence electrons. The van der Waals surface area contributed by atoms with Gasteiger partial charge in [0.2, 0.25) is 5.91 Å². The van der Waals surface area contributed by atoms with Crippen LogP contribution in [0.1, 0.15) is 31.2 Å². The van der Waals surface area contributed by atoms with Crippen molar-refractivity contribution in [1.82, 2.24) is 10.2 Å². The molecule has 3 N–H and O–H groups in total. The normalized spacial score (nSPS) is 16.0. The molecule has 1 aliphatic rings. The quantitative estimate of drug-likeness (QED) is 0.675. The molecule has 7 heteroatoms. The number of carbonyl (C=O) groups excluding carboxylic acids is 2. The number of primary amides is 1. The molecule has 1 aromatic carbocycles. The highest BCUT2D eigenvalue weighted by molar-refractivity contribution is 7.98. The third-order valence-electron chi connectivity index (χ3n) is 5.15. The van der Waals surface area contributed by atoms with E-state index in [-0.39, 0.29) is 5.91 Å². The van der Waals surface area contributed by atoms with E-state index in [1.165, 1.54) is 5.56 Å². The van der Waals surface area contributed by atoms with Crippen LogP contribution in [0.3, 0.4) is 0 Å². The number of aryl methyl sites for hydroxylation is 1. The van der Waals surface area contributed by atoms with Crippen molar-refractivity contribution in [2.75, 3.05) is 32.2 Å². The molecule has 0 radical (unpaired) electrons. The molecule has 3 amide bonds. The fraction of sp³-hybridized carbons (Fsp3) is 0.600. The predicted octanol–water partition coefficient (Wildman–Crippen LogP) is 2.66. The number of methoxy groups -OCH3 is 1. The average Bonchev–Trinajstić information content (AvgIpc) is 2.69. The number of nitrogens with two attached hydrogens (primary N) is 1. The van der Waals surface area contributed by atoms with Gasteiger partial charge in [0.15, 0.2) is 0 Å². The van der Waals surface area contributed by atoms with Crippen LogP contribution < -0.4 is 15.8 Å². The van der Waals surface area contributed by atoms with Gasteiger partial charge in [0, 0.05) is 13.1 Å². The van der Waals surface area contributed by atoms with Crippen LogP contribution in [0.4, 0.5) is 4.79 Å². The predicted molar refractivity (Wildman–Crippen MR) is 110 cm³/mol. The molecule has 1 unspecified atom stereocenters. The zero-order valence-electron chi connectivity index (χ0n) is 16.3. The molecule has 0 saturated carbocycles. The number of urea groups is 1. The summed E-state index contributed by atoms with van der Waals surface area (Å²) in [5.74, 6) is 2.32. The van der Waals surface area contributed by atoms with Crippen LogP contribution in [0, 0.1) is 5.92 Å². The summed E-state index contributed by atoms with van der Waals surface area (Å²) in [6.45, 7) is 1.50. The lowest BCUT2D eigenvalue weighted by atomic mass is 9.90. The van der Waals surface area contributed by atoms with Gasteiger partial charge < -0.3 is 20.7 Å². The summed E-state index contributed by atoms with van der Waals surface area (Å²) in [5.41, 5.74) is 6.55. The molecule has 1 fully saturated rings. The van der Waals surface area contributed by atoms with Crippen LogP contribution in [0.25, 0.3) is 0 Å². The average molecular weight is 394 g/mol. The van der Waals surface area contributed by atoms with E-state index in [1.807, 2.05) is 23.3 Å². The van der Waals surface area contributed by atoms with E-state index >= 15 is 0 Å². The van der Waals surface area contributed by atoms with Crippen molar-refractivity contribution in [2.24, 2.45) is 11.7 Å². The van der Waals surface area contributed by atoms with Crippen molar-refractivity contribution >= 4 is 23.7 Å². The molecular formula is C20H31N3O3S. The number of carbonyl (C=O) groups is 2. The molecule has 1 atom stereocenters. The molecule has 1 aliphatic heterocycles. The van der Waals surface area contributed by atoms with Gasteiger partial charge in [0.1, 0.15) is 11.8 Å². The Balaban J connectivity index is 1.78. The van der Waals surface area contributed by atoms with Crippen LogP contribution in [-0.2, 0) is 11.2 Å². The summed E-state index contributed by atoms with van der Waals surface area (Å²) in [6.07, 6.45) is 6.79. The minimum absolute atomic E-state index is 0.00328. The van der Waals surface area contributed by atoms with E-state index in [2.05, 4.69) is 17.4 Å². The zero-order valence-corrected chi connectivity index (χ0v) is 17.1. The van der Waals surface area contributed by atoms with Gasteiger partial charge in [-0.1, -0.05) is 12.1 Å². The fourth-order valence-electron chi connectivity index (χ4n) is 3.49. The highest BCUT2D eigenvalue weighted by Crippen LogP contribution is 2.24. The Labute approximate surface area is 166 Å². The maximum atomic E-state index is 12.7. The third kappa shape index (κ3) is 6.97. The highest BCUT2D eigenvalue weighted by Gasteiger charge is 2.28. The second-order valence-corrected chi connectivity index (χ2v) is 7.98. The third-order valence-corrected chi connectivity index (χ3v) is 5.80. The van der Waals surface area contributed by atoms with Crippen LogP contribution in [0.15, 0.2) is 24.3 Å². The number of hydrogen-bond donors (Lipinski definition) is 2. The molecule has 0 spiro atoms. The van der Waals surface area contributed by atoms with Gasteiger partial charge in [0.25, 0.3) is 0 Å². The molecule has 1 aromatic rings. The number of piperidine rings is 1. The number of ether oxygens (including phenoxy) is 1. The number of hydrogen-bond acceptors (Lipinski definition) is 4. The Hall–Kier alpha value is -1.89. The molecule has 0 aromatic heterocycles. The van der Waals surface area contributed by atoms with Crippen molar-refractivity contribution in [3.8, 4) is 5.75 Å². The molecule has 1 heterocycles. The first-order valence-corrected chi connectivity index (χ1v) is 10.9. The SMILES string of the molecule is COc1ccc(CCC2CCN(C(=O)C(CCSC)NC(N)=O)CC2)cc1. The second kappa shape index (κ2) is 11.1. The summed E-state index contributed by atoms with van der Waals surface area (Å²) in [4.78, 5) is 25.8. The Bertz CT molecular complexity index is 601. The molecule has 1 saturated heterocycles. The molecular weight excluding hydrogens is 362 g/mol. The summed E-state index contributed by atoms with van der Waals surface area (Å²) in [7, 11) is 1.68. The first-order chi connectivity index (χ1) is 13.0. The Morgan fingerprint density at radius 2 is 1.96 bits per heavy atom. The van der Waals surface area contributed by atoms with E-state index in [0.29, 0.717) is 12.3 Å². The minimum atomic E-state index is -0.635. The Kier molecular flexibility index (Phi) is 8.78. The Morgan fingerprint density at radius 1 is 1.30 bits per heavy atom. The number of amides is 3. The van der Waals surface area contributed by atoms with Gasteiger partial charge in [0.05, 0.1) is 7.11 Å². The van der Waals surface area contributed by atoms with E-state index < -0.39 is 12.1 Å². The first-order valence-electron chi connectivity index (χ1n) is 9.50. The van der Waals surface area contributed by atoms with Crippen LogP contribution in [0.5, 0.6) is 5.75 Å². The highest BCUT2D eigenvalue weighted by atomic mass is 32.2. The maximum Gasteiger partial charge on any atom is 0.312 e. The lowest BCUT2D eigenvalue weighted by Gasteiger charge is -2.34. The molecule has 6 nitrogen and oxygen atoms in total. The summed E-state index contributed by atoms with van der Waals surface area (Å²) in [5, 5.41) is 2.60. The van der Waals surface area contributed by atoms with E-state index in [1.54, 1.807) is 18.9 Å². The lowest BCUT2D eigenvalue weighted by Crippen LogP contribution is -2.52. The Morgan fingerprint density at radius 3 is 2.52 bits per heavy atom. The summed E-state index contributed by atoms with van der Waals surface area (Å²) < 4.78 is 5.19. The van der Waals surface area contributed by atoms with E-state index in [4.69, 9.17) is 10.5 Å². The largest absolute Gasteiger partial charge is 0.497 e. The van der Waals surface area contributed by atoms with Crippen molar-refractivity contribution in [1.29, 1.82) is 0 Å². The van der Waals surface area contributed by atoms with E-state index in [9.17, 15) is 9.59 Å². The maximum absolute atomic E-state index is 12.7. The number of benzene rings is 1. The lowest BCUT2D eigenvalue weighted by molar-refractivity contribution is -0.134. The van der Waals surface area contributed by atoms with Crippen molar-refractivity contribution < 1.29 is 14.3 Å².